The Morgan fingerprint density at radius 3 is 2.73 bits per heavy atom. The van der Waals surface area contributed by atoms with E-state index in [-0.39, 0.29) is 11.7 Å². The first-order valence-corrected chi connectivity index (χ1v) is 10.1. The standard InChI is InChI=1S/C17H28N6O2S/c1-3-9-23-14(8-12-22-10-6-5-7-11-22)20-21-17(23)26-13-15(24)19-16(25)18-4-2/h3H,1,4-13H2,2H3,(H2,18,19,24,25). The molecule has 0 atom stereocenters. The lowest BCUT2D eigenvalue weighted by atomic mass is 10.1. The maximum absolute atomic E-state index is 11.8. The van der Waals surface area contributed by atoms with Crippen LogP contribution in [-0.4, -0.2) is 63.5 Å². The van der Waals surface area contributed by atoms with E-state index >= 15 is 0 Å². The van der Waals surface area contributed by atoms with Crippen LogP contribution >= 0.6 is 11.8 Å². The summed E-state index contributed by atoms with van der Waals surface area (Å²) in [6, 6.07) is -0.479. The van der Waals surface area contributed by atoms with Crippen LogP contribution in [0.15, 0.2) is 17.8 Å². The van der Waals surface area contributed by atoms with E-state index in [2.05, 4.69) is 32.3 Å². The lowest BCUT2D eigenvalue weighted by Gasteiger charge is -2.26. The van der Waals surface area contributed by atoms with Crippen molar-refractivity contribution < 1.29 is 9.59 Å². The Bertz CT molecular complexity index is 612. The van der Waals surface area contributed by atoms with Crippen LogP contribution in [0.25, 0.3) is 0 Å². The Balaban J connectivity index is 1.89. The van der Waals surface area contributed by atoms with E-state index in [9.17, 15) is 9.59 Å². The second-order valence-corrected chi connectivity index (χ2v) is 7.09. The molecular formula is C17H28N6O2S. The van der Waals surface area contributed by atoms with E-state index in [4.69, 9.17) is 0 Å². The molecule has 3 amide bonds. The zero-order valence-electron chi connectivity index (χ0n) is 15.4. The van der Waals surface area contributed by atoms with Gasteiger partial charge in [0.15, 0.2) is 5.16 Å². The molecule has 1 fully saturated rings. The van der Waals surface area contributed by atoms with Gasteiger partial charge in [-0.25, -0.2) is 4.79 Å². The molecule has 1 saturated heterocycles. The number of urea groups is 1. The second kappa shape index (κ2) is 11.0. The Hall–Kier alpha value is -1.87. The maximum Gasteiger partial charge on any atom is 0.321 e. The van der Waals surface area contributed by atoms with E-state index < -0.39 is 6.03 Å². The molecule has 0 unspecified atom stereocenters. The van der Waals surface area contributed by atoms with Gasteiger partial charge in [-0.05, 0) is 32.9 Å². The molecule has 2 heterocycles. The third-order valence-electron chi connectivity index (χ3n) is 4.13. The number of carbonyl (C=O) groups excluding carboxylic acids is 2. The van der Waals surface area contributed by atoms with Crippen LogP contribution in [0.4, 0.5) is 4.79 Å². The molecule has 1 aliphatic rings. The summed E-state index contributed by atoms with van der Waals surface area (Å²) < 4.78 is 1.99. The summed E-state index contributed by atoms with van der Waals surface area (Å²) in [5.74, 6) is 0.657. The van der Waals surface area contributed by atoms with Crippen LogP contribution < -0.4 is 10.6 Å². The highest BCUT2D eigenvalue weighted by Gasteiger charge is 2.16. The Labute approximate surface area is 158 Å². The summed E-state index contributed by atoms with van der Waals surface area (Å²) in [6.45, 7) is 9.93. The van der Waals surface area contributed by atoms with E-state index in [0.717, 1.165) is 31.9 Å². The molecule has 2 rings (SSSR count). The number of likely N-dealkylation sites (tertiary alicyclic amines) is 1. The van der Waals surface area contributed by atoms with Crippen molar-refractivity contribution in [1.29, 1.82) is 0 Å². The molecule has 1 aromatic heterocycles. The lowest BCUT2D eigenvalue weighted by Crippen LogP contribution is -2.40. The van der Waals surface area contributed by atoms with Crippen molar-refractivity contribution in [3.05, 3.63) is 18.5 Å². The SMILES string of the molecule is C=CCn1c(CCN2CCCCC2)nnc1SCC(=O)NC(=O)NCC. The number of nitrogens with one attached hydrogen (secondary N) is 2. The van der Waals surface area contributed by atoms with Gasteiger partial charge in [0.25, 0.3) is 0 Å². The summed E-state index contributed by atoms with van der Waals surface area (Å²) in [5, 5.41) is 14.0. The molecular weight excluding hydrogens is 352 g/mol. The first kappa shape index (κ1) is 20.4. The Morgan fingerprint density at radius 1 is 1.27 bits per heavy atom. The zero-order valence-corrected chi connectivity index (χ0v) is 16.2. The molecule has 0 bridgehead atoms. The van der Waals surface area contributed by atoms with Crippen LogP contribution in [0, 0.1) is 0 Å². The molecule has 1 aromatic rings. The number of hydrogen-bond acceptors (Lipinski definition) is 6. The summed E-state index contributed by atoms with van der Waals surface area (Å²) in [4.78, 5) is 25.7. The van der Waals surface area contributed by atoms with Gasteiger partial charge in [0.1, 0.15) is 5.82 Å². The van der Waals surface area contributed by atoms with Crippen LogP contribution in [0.3, 0.4) is 0 Å². The number of piperidine rings is 1. The summed E-state index contributed by atoms with van der Waals surface area (Å²) in [5.41, 5.74) is 0. The molecule has 1 aliphatic heterocycles. The summed E-state index contributed by atoms with van der Waals surface area (Å²) in [7, 11) is 0. The van der Waals surface area contributed by atoms with Crippen LogP contribution in [0.2, 0.25) is 0 Å². The Morgan fingerprint density at radius 2 is 2.04 bits per heavy atom. The van der Waals surface area contributed by atoms with Gasteiger partial charge in [-0.1, -0.05) is 24.3 Å². The number of allylic oxidation sites excluding steroid dienone is 1. The van der Waals surface area contributed by atoms with E-state index in [1.54, 1.807) is 13.0 Å². The van der Waals surface area contributed by atoms with Gasteiger partial charge in [-0.15, -0.1) is 16.8 Å². The van der Waals surface area contributed by atoms with Crippen molar-refractivity contribution in [2.24, 2.45) is 0 Å². The molecule has 26 heavy (non-hydrogen) atoms. The summed E-state index contributed by atoms with van der Waals surface area (Å²) >= 11 is 1.27. The molecule has 0 aliphatic carbocycles. The van der Waals surface area contributed by atoms with Gasteiger partial charge < -0.3 is 14.8 Å². The average Bonchev–Trinajstić information content (AvgIpc) is 3.01. The quantitative estimate of drug-likeness (QED) is 0.497. The van der Waals surface area contributed by atoms with Crippen LogP contribution in [0.1, 0.15) is 32.0 Å². The largest absolute Gasteiger partial charge is 0.338 e. The van der Waals surface area contributed by atoms with Crippen molar-refractivity contribution in [2.75, 3.05) is 31.9 Å². The third-order valence-corrected chi connectivity index (χ3v) is 5.09. The zero-order chi connectivity index (χ0) is 18.8. The van der Waals surface area contributed by atoms with Gasteiger partial charge in [-0.3, -0.25) is 10.1 Å². The topological polar surface area (TPSA) is 92.2 Å². The van der Waals surface area contributed by atoms with Gasteiger partial charge >= 0.3 is 6.03 Å². The number of rotatable bonds is 9. The molecule has 8 nitrogen and oxygen atoms in total. The highest BCUT2D eigenvalue weighted by Crippen LogP contribution is 2.18. The predicted octanol–water partition coefficient (Wildman–Crippen LogP) is 1.43. The number of thioether (sulfide) groups is 1. The van der Waals surface area contributed by atoms with Gasteiger partial charge in [-0.2, -0.15) is 0 Å². The monoisotopic (exact) mass is 380 g/mol. The fourth-order valence-corrected chi connectivity index (χ4v) is 3.63. The van der Waals surface area contributed by atoms with Crippen molar-refractivity contribution in [2.45, 2.75) is 44.3 Å². The third kappa shape index (κ3) is 6.45. The number of hydrogen-bond donors (Lipinski definition) is 2. The first-order valence-electron chi connectivity index (χ1n) is 9.09. The number of nitrogens with zero attached hydrogens (tertiary/aromatic N) is 4. The van der Waals surface area contributed by atoms with E-state index in [1.165, 1.54) is 31.0 Å². The highest BCUT2D eigenvalue weighted by molar-refractivity contribution is 7.99. The fourth-order valence-electron chi connectivity index (χ4n) is 2.86. The fraction of sp³-hybridized carbons (Fsp3) is 0.647. The van der Waals surface area contributed by atoms with Crippen LogP contribution in [0.5, 0.6) is 0 Å². The predicted molar refractivity (Wildman–Crippen MR) is 102 cm³/mol. The number of amides is 3. The minimum Gasteiger partial charge on any atom is -0.338 e. The maximum atomic E-state index is 11.8. The molecule has 144 valence electrons. The highest BCUT2D eigenvalue weighted by atomic mass is 32.2. The minimum absolute atomic E-state index is 0.110. The smallest absolute Gasteiger partial charge is 0.321 e. The van der Waals surface area contributed by atoms with Crippen LogP contribution in [-0.2, 0) is 17.8 Å². The second-order valence-electron chi connectivity index (χ2n) is 6.15. The first-order chi connectivity index (χ1) is 12.6. The Kier molecular flexibility index (Phi) is 8.63. The van der Waals surface area contributed by atoms with Gasteiger partial charge in [0.2, 0.25) is 5.91 Å². The van der Waals surface area contributed by atoms with Crippen molar-refractivity contribution in [3.63, 3.8) is 0 Å². The number of aromatic nitrogens is 3. The minimum atomic E-state index is -0.479. The number of imide groups is 1. The van der Waals surface area contributed by atoms with Gasteiger partial charge in [0, 0.05) is 26.1 Å². The summed E-state index contributed by atoms with van der Waals surface area (Å²) in [6.07, 6.45) is 6.48. The average molecular weight is 381 g/mol. The van der Waals surface area contributed by atoms with E-state index in [0.29, 0.717) is 18.2 Å². The normalized spacial score (nSPS) is 14.8. The van der Waals surface area contributed by atoms with E-state index in [1.807, 2.05) is 4.57 Å². The lowest BCUT2D eigenvalue weighted by molar-refractivity contribution is -0.117. The van der Waals surface area contributed by atoms with Crippen molar-refractivity contribution in [3.8, 4) is 0 Å². The molecule has 0 saturated carbocycles. The van der Waals surface area contributed by atoms with Crippen molar-refractivity contribution in [1.82, 2.24) is 30.3 Å². The molecule has 0 aromatic carbocycles. The van der Waals surface area contributed by atoms with Gasteiger partial charge in [0.05, 0.1) is 5.75 Å². The number of carbonyl (C=O) groups is 2. The molecule has 9 heteroatoms. The molecule has 0 radical (unpaired) electrons. The molecule has 0 spiro atoms. The molecule has 2 N–H and O–H groups in total. The van der Waals surface area contributed by atoms with Crippen molar-refractivity contribution >= 4 is 23.7 Å².